The fourth-order valence-electron chi connectivity index (χ4n) is 4.36. The summed E-state index contributed by atoms with van der Waals surface area (Å²) in [4.78, 5) is 10.7. The predicted molar refractivity (Wildman–Crippen MR) is 152 cm³/mol. The third-order valence-electron chi connectivity index (χ3n) is 6.37. The van der Waals surface area contributed by atoms with E-state index in [2.05, 4.69) is 34.9 Å². The lowest BCUT2D eigenvalue weighted by Gasteiger charge is -2.15. The second kappa shape index (κ2) is 12.8. The van der Waals surface area contributed by atoms with Gasteiger partial charge in [-0.25, -0.2) is 0 Å². The molecule has 4 aromatic rings. The van der Waals surface area contributed by atoms with Gasteiger partial charge in [-0.15, -0.1) is 0 Å². The van der Waals surface area contributed by atoms with Crippen molar-refractivity contribution in [1.82, 2.24) is 5.32 Å². The van der Waals surface area contributed by atoms with Crippen LogP contribution in [0.1, 0.15) is 24.2 Å². The van der Waals surface area contributed by atoms with Crippen LogP contribution in [0.4, 0.5) is 11.4 Å². The number of nitrogens with two attached hydrogens (primary N) is 1. The Bertz CT molecular complexity index is 1380. The maximum absolute atomic E-state index is 10.7. The first-order valence-electron chi connectivity index (χ1n) is 12.6. The first-order chi connectivity index (χ1) is 18.5. The van der Waals surface area contributed by atoms with E-state index in [9.17, 15) is 15.0 Å². The lowest BCUT2D eigenvalue weighted by atomic mass is 9.96. The maximum Gasteiger partial charge on any atom is 0.211 e. The van der Waals surface area contributed by atoms with Crippen molar-refractivity contribution < 1.29 is 19.7 Å². The molecule has 4 aromatic carbocycles. The molecule has 0 aliphatic rings. The van der Waals surface area contributed by atoms with Gasteiger partial charge in [0, 0.05) is 17.8 Å². The lowest BCUT2D eigenvalue weighted by molar-refractivity contribution is -0.105. The minimum absolute atomic E-state index is 0.0542. The van der Waals surface area contributed by atoms with E-state index < -0.39 is 6.10 Å². The minimum atomic E-state index is -0.791. The average Bonchev–Trinajstić information content (AvgIpc) is 2.94. The number of hydrogen-bond acceptors (Lipinski definition) is 6. The molecular formula is C31H33N3O4. The molecule has 38 heavy (non-hydrogen) atoms. The van der Waals surface area contributed by atoms with E-state index in [0.717, 1.165) is 33.6 Å². The molecule has 4 rings (SSSR count). The number of amides is 1. The van der Waals surface area contributed by atoms with Crippen LogP contribution >= 0.6 is 0 Å². The Labute approximate surface area is 222 Å². The van der Waals surface area contributed by atoms with Gasteiger partial charge in [-0.3, -0.25) is 4.79 Å². The molecule has 0 saturated carbocycles. The van der Waals surface area contributed by atoms with Gasteiger partial charge in [0.1, 0.15) is 11.5 Å². The topological polar surface area (TPSA) is 117 Å². The highest BCUT2D eigenvalue weighted by Gasteiger charge is 2.12. The molecule has 0 aromatic heterocycles. The number of phenols is 1. The van der Waals surface area contributed by atoms with Crippen molar-refractivity contribution >= 4 is 17.8 Å². The number of benzene rings is 4. The number of rotatable bonds is 12. The van der Waals surface area contributed by atoms with E-state index in [0.29, 0.717) is 43.8 Å². The van der Waals surface area contributed by atoms with E-state index in [4.69, 9.17) is 10.5 Å². The summed E-state index contributed by atoms with van der Waals surface area (Å²) in [5.41, 5.74) is 13.2. The SMILES string of the molecule is CCOc1ccc(-c2ccc(CCNCC(O)c3ccc(O)c(NC=O)c3)c(N)c2)cc1-c1ccccc1. The standard InChI is InChI=1S/C31H33N3O4/c1-2-38-31-13-11-23(16-26(31)21-6-4-3-5-7-21)24-9-8-22(27(32)17-24)14-15-33-19-30(37)25-10-12-29(36)28(18-25)34-20-35/h3-13,16-18,20,30,33,36-37H,2,14-15,19,32H2,1H3,(H,34,35). The summed E-state index contributed by atoms with van der Waals surface area (Å²) in [6.45, 7) is 3.52. The van der Waals surface area contributed by atoms with Gasteiger partial charge in [0.25, 0.3) is 0 Å². The Hall–Kier alpha value is -4.33. The van der Waals surface area contributed by atoms with Crippen LogP contribution in [0.15, 0.2) is 84.9 Å². The summed E-state index contributed by atoms with van der Waals surface area (Å²) in [5, 5.41) is 25.9. The van der Waals surface area contributed by atoms with Gasteiger partial charge in [-0.1, -0.05) is 54.6 Å². The maximum atomic E-state index is 10.7. The summed E-state index contributed by atoms with van der Waals surface area (Å²) in [7, 11) is 0. The zero-order chi connectivity index (χ0) is 26.9. The number of ether oxygens (including phenoxy) is 1. The first kappa shape index (κ1) is 26.7. The van der Waals surface area contributed by atoms with E-state index >= 15 is 0 Å². The summed E-state index contributed by atoms with van der Waals surface area (Å²) in [6, 6.07) is 27.1. The van der Waals surface area contributed by atoms with E-state index in [1.54, 1.807) is 12.1 Å². The number of aliphatic hydroxyl groups is 1. The van der Waals surface area contributed by atoms with E-state index in [1.807, 2.05) is 49.4 Å². The van der Waals surface area contributed by atoms with Crippen LogP contribution in [0, 0.1) is 0 Å². The monoisotopic (exact) mass is 511 g/mol. The third kappa shape index (κ3) is 6.51. The smallest absolute Gasteiger partial charge is 0.211 e. The van der Waals surface area contributed by atoms with Crippen molar-refractivity contribution in [2.24, 2.45) is 0 Å². The Balaban J connectivity index is 1.40. The van der Waals surface area contributed by atoms with Gasteiger partial charge in [0.05, 0.1) is 18.4 Å². The van der Waals surface area contributed by atoms with Gasteiger partial charge < -0.3 is 31.3 Å². The molecule has 7 nitrogen and oxygen atoms in total. The van der Waals surface area contributed by atoms with Crippen LogP contribution in [0.3, 0.4) is 0 Å². The molecule has 0 heterocycles. The molecule has 7 heteroatoms. The number of aliphatic hydroxyl groups excluding tert-OH is 1. The highest BCUT2D eigenvalue weighted by atomic mass is 16.5. The molecule has 1 unspecified atom stereocenters. The Morgan fingerprint density at radius 2 is 1.71 bits per heavy atom. The second-order valence-electron chi connectivity index (χ2n) is 8.93. The second-order valence-corrected chi connectivity index (χ2v) is 8.93. The van der Waals surface area contributed by atoms with Gasteiger partial charge in [-0.05, 0) is 78.0 Å². The molecule has 0 radical (unpaired) electrons. The lowest BCUT2D eigenvalue weighted by Crippen LogP contribution is -2.24. The Morgan fingerprint density at radius 3 is 2.45 bits per heavy atom. The number of aromatic hydroxyl groups is 1. The number of hydrogen-bond donors (Lipinski definition) is 5. The number of carbonyl (C=O) groups excluding carboxylic acids is 1. The van der Waals surface area contributed by atoms with Crippen molar-refractivity contribution in [2.75, 3.05) is 30.7 Å². The quantitative estimate of drug-likeness (QED) is 0.0778. The van der Waals surface area contributed by atoms with Crippen LogP contribution in [0.2, 0.25) is 0 Å². The summed E-state index contributed by atoms with van der Waals surface area (Å²) >= 11 is 0. The molecule has 1 amide bonds. The van der Waals surface area contributed by atoms with Crippen LogP contribution in [0.5, 0.6) is 11.5 Å². The average molecular weight is 512 g/mol. The number of nitrogens with one attached hydrogen (secondary N) is 2. The molecule has 0 spiro atoms. The fraction of sp³-hybridized carbons (Fsp3) is 0.194. The predicted octanol–water partition coefficient (Wildman–Crippen LogP) is 5.14. The molecule has 0 saturated heterocycles. The Morgan fingerprint density at radius 1 is 0.947 bits per heavy atom. The number of phenolic OH excluding ortho intramolecular Hbond substituents is 1. The summed E-state index contributed by atoms with van der Waals surface area (Å²) in [5.74, 6) is 0.797. The van der Waals surface area contributed by atoms with Gasteiger partial charge in [-0.2, -0.15) is 0 Å². The molecule has 0 aliphatic carbocycles. The van der Waals surface area contributed by atoms with Gasteiger partial charge in [0.2, 0.25) is 6.41 Å². The van der Waals surface area contributed by atoms with Crippen LogP contribution < -0.4 is 21.1 Å². The third-order valence-corrected chi connectivity index (χ3v) is 6.37. The zero-order valence-corrected chi connectivity index (χ0v) is 21.4. The number of nitrogen functional groups attached to an aromatic ring is 1. The van der Waals surface area contributed by atoms with Crippen LogP contribution in [-0.4, -0.2) is 36.3 Å². The normalized spacial score (nSPS) is 11.6. The molecule has 6 N–H and O–H groups in total. The van der Waals surface area contributed by atoms with E-state index in [-0.39, 0.29) is 11.4 Å². The van der Waals surface area contributed by atoms with Crippen LogP contribution in [0.25, 0.3) is 22.3 Å². The summed E-state index contributed by atoms with van der Waals surface area (Å²) in [6.07, 6.45) is 0.392. The summed E-state index contributed by atoms with van der Waals surface area (Å²) < 4.78 is 5.87. The number of carbonyl (C=O) groups is 1. The fourth-order valence-corrected chi connectivity index (χ4v) is 4.36. The number of anilines is 2. The molecule has 0 aliphatic heterocycles. The van der Waals surface area contributed by atoms with Gasteiger partial charge in [0.15, 0.2) is 0 Å². The molecule has 1 atom stereocenters. The van der Waals surface area contributed by atoms with Crippen molar-refractivity contribution in [3.05, 3.63) is 96.1 Å². The molecule has 196 valence electrons. The highest BCUT2D eigenvalue weighted by molar-refractivity contribution is 5.79. The van der Waals surface area contributed by atoms with Crippen molar-refractivity contribution in [3.63, 3.8) is 0 Å². The first-order valence-corrected chi connectivity index (χ1v) is 12.6. The van der Waals surface area contributed by atoms with Gasteiger partial charge >= 0.3 is 0 Å². The minimum Gasteiger partial charge on any atom is -0.506 e. The Kier molecular flexibility index (Phi) is 8.98. The van der Waals surface area contributed by atoms with Crippen molar-refractivity contribution in [2.45, 2.75) is 19.4 Å². The van der Waals surface area contributed by atoms with Crippen molar-refractivity contribution in [3.8, 4) is 33.8 Å². The largest absolute Gasteiger partial charge is 0.506 e. The molecular weight excluding hydrogens is 478 g/mol. The van der Waals surface area contributed by atoms with E-state index in [1.165, 1.54) is 6.07 Å². The highest BCUT2D eigenvalue weighted by Crippen LogP contribution is 2.35. The zero-order valence-electron chi connectivity index (χ0n) is 21.4. The van der Waals surface area contributed by atoms with Crippen LogP contribution in [-0.2, 0) is 11.2 Å². The molecule has 0 bridgehead atoms. The van der Waals surface area contributed by atoms with Crippen molar-refractivity contribution in [1.29, 1.82) is 0 Å². The molecule has 0 fully saturated rings.